The van der Waals surface area contributed by atoms with Crippen LogP contribution in [0.4, 0.5) is 61.5 Å². The van der Waals surface area contributed by atoms with Gasteiger partial charge in [0.2, 0.25) is 0 Å². The molecule has 0 aromatic heterocycles. The van der Waals surface area contributed by atoms with Crippen molar-refractivity contribution < 1.29 is 99.4 Å². The molecule has 6 aliphatic carbocycles. The minimum absolute atomic E-state index is 0.000922. The fraction of sp³-hybridized carbons (Fsp3) is 0.700. The van der Waals surface area contributed by atoms with E-state index in [1.807, 2.05) is 107 Å². The summed E-state index contributed by atoms with van der Waals surface area (Å²) in [7, 11) is -10.0. The van der Waals surface area contributed by atoms with Gasteiger partial charge in [0.15, 0.2) is 25.0 Å². The highest BCUT2D eigenvalue weighted by atomic mass is 31.2. The van der Waals surface area contributed by atoms with Gasteiger partial charge in [-0.25, -0.2) is 8.78 Å². The third kappa shape index (κ3) is 24.9. The van der Waals surface area contributed by atoms with Crippen LogP contribution in [0.3, 0.4) is 0 Å². The molecule has 0 heterocycles. The highest BCUT2D eigenvalue weighted by molar-refractivity contribution is 7.78. The molecule has 6 saturated carbocycles. The summed E-state index contributed by atoms with van der Waals surface area (Å²) < 4.78 is 227. The van der Waals surface area contributed by atoms with Crippen molar-refractivity contribution in [2.24, 2.45) is 45.3 Å². The van der Waals surface area contributed by atoms with Gasteiger partial charge in [-0.1, -0.05) is 171 Å². The average Bonchev–Trinajstić information content (AvgIpc) is 1.33. The maximum absolute atomic E-state index is 14.9. The minimum atomic E-state index is -5.93. The maximum Gasteiger partial charge on any atom is 0.429 e. The Balaban J connectivity index is 0.000000273. The molecule has 658 valence electrons. The molecule has 12 atom stereocenters. The Morgan fingerprint density at radius 2 is 1.01 bits per heavy atom. The number of carbonyl (C=O) groups is 1. The predicted octanol–water partition coefficient (Wildman–Crippen LogP) is 26.1. The fourth-order valence-electron chi connectivity index (χ4n) is 19.6. The standard InChI is InChI=1S/C33H47F7O3.C30H52F6O3Si2.C27H36FO2PSi/c1-21-23(19-24(41)20-26(21)34)11-10-22-9-6-17-30(5)25(22)12-13-27(30)29(4,15-7-14-28(2,3)42)16-8-18-31(43,32(35,36)37)33(38,39)40;1-25(2,38-40(5,6)7)17-12-18-26(3,24-16-15-22-23(37)14-11-20-27(22,24)4)19-13-21-28(29(31,32)33,30(34,35)36)39-41(8,9)10;1-21-22(19-23(20-26(21)28)30-32(5,6)27(2,3)4)17-18-31(29,24-13-9-7-10-14-24)25-15-11-8-12-16-25/h8,10-11,18,24-27,41-43H,1,6-7,9,12-17,19-20H2,2-5H3;13,21-22,24H,11-12,14-20H2,1-10H3;7-17,23,26H,1,18-20H2,2-6H3/b18-8+,22-10+,23-11-;21-13+;22-17-/t24-,25?,26+,27?,29?,30+;22?,24?,26?,27-;23-,26+/m101/s1. The molecule has 3 N–H and O–H groups in total. The van der Waals surface area contributed by atoms with Crippen molar-refractivity contribution in [3.63, 3.8) is 0 Å². The average molecular weight is 1730 g/mol. The Morgan fingerprint density at radius 1 is 0.560 bits per heavy atom. The smallest absolute Gasteiger partial charge is 0.413 e. The van der Waals surface area contributed by atoms with E-state index in [4.69, 9.17) is 13.3 Å². The normalized spacial score (nSPS) is 27.7. The van der Waals surface area contributed by atoms with Crippen LogP contribution in [-0.4, -0.2) is 124 Å². The molecular formula is C90H135F14O8PSi3. The molecule has 0 amide bonds. The van der Waals surface area contributed by atoms with Crippen LogP contribution in [0.1, 0.15) is 217 Å². The van der Waals surface area contributed by atoms with Crippen LogP contribution < -0.4 is 10.6 Å². The van der Waals surface area contributed by atoms with Crippen LogP contribution >= 0.6 is 7.14 Å². The quantitative estimate of drug-likeness (QED) is 0.0350. The predicted molar refractivity (Wildman–Crippen MR) is 447 cm³/mol. The van der Waals surface area contributed by atoms with Crippen molar-refractivity contribution in [3.8, 4) is 0 Å². The van der Waals surface area contributed by atoms with Gasteiger partial charge in [0.05, 0.1) is 23.4 Å². The van der Waals surface area contributed by atoms with Gasteiger partial charge >= 0.3 is 24.7 Å². The summed E-state index contributed by atoms with van der Waals surface area (Å²) in [5, 5.41) is 31.7. The summed E-state index contributed by atoms with van der Waals surface area (Å²) in [5.74, 6) is 0.223. The van der Waals surface area contributed by atoms with Crippen molar-refractivity contribution in [3.05, 3.63) is 144 Å². The van der Waals surface area contributed by atoms with Crippen molar-refractivity contribution in [1.82, 2.24) is 0 Å². The molecular weight excluding hydrogens is 1590 g/mol. The summed E-state index contributed by atoms with van der Waals surface area (Å²) in [6, 6.07) is 19.2. The van der Waals surface area contributed by atoms with Crippen molar-refractivity contribution in [2.45, 2.75) is 346 Å². The van der Waals surface area contributed by atoms with Crippen LogP contribution in [0.5, 0.6) is 0 Å². The lowest BCUT2D eigenvalue weighted by Crippen LogP contribution is -2.61. The first-order valence-corrected chi connectivity index (χ1v) is 53.1. The van der Waals surface area contributed by atoms with Gasteiger partial charge in [0, 0.05) is 42.0 Å². The number of hydrogen-bond acceptors (Lipinski definition) is 8. The second kappa shape index (κ2) is 37.6. The van der Waals surface area contributed by atoms with E-state index in [0.29, 0.717) is 80.7 Å². The van der Waals surface area contributed by atoms with Crippen molar-refractivity contribution in [2.75, 3.05) is 6.16 Å². The van der Waals surface area contributed by atoms with E-state index in [-0.39, 0.29) is 82.8 Å². The number of rotatable bonds is 27. The Morgan fingerprint density at radius 3 is 1.47 bits per heavy atom. The Bertz CT molecular complexity index is 3770. The number of alkyl halides is 14. The molecule has 6 unspecified atom stereocenters. The molecule has 0 radical (unpaired) electrons. The van der Waals surface area contributed by atoms with Gasteiger partial charge in [-0.2, -0.15) is 52.7 Å². The second-order valence-corrected chi connectivity index (χ2v) is 56.5. The summed E-state index contributed by atoms with van der Waals surface area (Å²) in [6.45, 7) is 44.7. The number of aliphatic hydroxyl groups excluding tert-OH is 1. The zero-order valence-corrected chi connectivity index (χ0v) is 76.1. The molecule has 0 aliphatic heterocycles. The van der Waals surface area contributed by atoms with Crippen LogP contribution in [-0.2, 0) is 22.6 Å². The van der Waals surface area contributed by atoms with E-state index < -0.39 is 108 Å². The van der Waals surface area contributed by atoms with Gasteiger partial charge in [0.1, 0.15) is 25.3 Å². The van der Waals surface area contributed by atoms with Crippen LogP contribution in [0.25, 0.3) is 0 Å². The topological polar surface area (TPSA) is 123 Å². The number of hydrogen-bond donors (Lipinski definition) is 3. The Kier molecular flexibility index (Phi) is 32.6. The lowest BCUT2D eigenvalue weighted by Gasteiger charge is -2.49. The molecule has 6 aliphatic rings. The van der Waals surface area contributed by atoms with Crippen molar-refractivity contribution >= 4 is 48.5 Å². The summed E-state index contributed by atoms with van der Waals surface area (Å²) in [5.41, 5.74) is -9.01. The second-order valence-electron chi connectivity index (χ2n) is 40.0. The molecule has 8 nitrogen and oxygen atoms in total. The monoisotopic (exact) mass is 1720 g/mol. The van der Waals surface area contributed by atoms with Gasteiger partial charge in [0.25, 0.3) is 11.2 Å². The molecule has 2 aromatic rings. The van der Waals surface area contributed by atoms with Gasteiger partial charge in [-0.05, 0) is 268 Å². The molecule has 26 heteroatoms. The number of ketones is 1. The molecule has 8 rings (SSSR count). The Labute approximate surface area is 686 Å². The zero-order chi connectivity index (χ0) is 88.1. The van der Waals surface area contributed by atoms with Crippen molar-refractivity contribution in [1.29, 1.82) is 0 Å². The van der Waals surface area contributed by atoms with E-state index in [9.17, 15) is 86.1 Å². The number of halogens is 14. The van der Waals surface area contributed by atoms with E-state index >= 15 is 0 Å². The number of fused-ring (bicyclic) bond motifs is 2. The SMILES string of the molecule is C=C1/C(=C\C=C2/CCC[C@@]3(C)C2CCC3C(C)(C/C=C/C(O)(C(F)(F)F)C(F)(F)F)CCCC(C)(C)O)C[C@@H](O)C[C@@H]1F.C=C1/C(=C\CP(=O)(c2ccccc2)c2ccccc2)C[C@@H](O[Si](C)(C)C(C)(C)C)C[C@@H]1F.CC(C)(CCCC(C)(C/C=C/C(O[Si](C)(C)C)(C(F)(F)F)C(F)(F)F)C1CCC2C(=O)CCC[C@@]21C)O[Si](C)(C)C. The number of aliphatic hydroxyl groups is 3. The van der Waals surface area contributed by atoms with Crippen LogP contribution in [0.2, 0.25) is 57.4 Å². The molecule has 0 spiro atoms. The van der Waals surface area contributed by atoms with E-state index in [1.165, 1.54) is 25.2 Å². The number of allylic oxidation sites excluding steroid dienone is 8. The lowest BCUT2D eigenvalue weighted by atomic mass is 9.55. The summed E-state index contributed by atoms with van der Waals surface area (Å²) in [6.07, 6.45) is -6.13. The Hall–Kier alpha value is -4.05. The van der Waals surface area contributed by atoms with E-state index in [1.54, 1.807) is 13.8 Å². The molecule has 0 saturated heterocycles. The minimum Gasteiger partial charge on any atom is -0.413 e. The van der Waals surface area contributed by atoms with Gasteiger partial charge < -0.3 is 33.2 Å². The fourth-order valence-corrected chi connectivity index (χ4v) is 26.5. The molecule has 116 heavy (non-hydrogen) atoms. The molecule has 0 bridgehead atoms. The van der Waals surface area contributed by atoms with Gasteiger partial charge in [-0.15, -0.1) is 0 Å². The number of carbonyl (C=O) groups excluding carboxylic acids is 1. The van der Waals surface area contributed by atoms with Crippen LogP contribution in [0, 0.1) is 45.3 Å². The first-order chi connectivity index (χ1) is 52.7. The summed E-state index contributed by atoms with van der Waals surface area (Å²) in [4.78, 5) is 12.8. The highest BCUT2D eigenvalue weighted by Gasteiger charge is 2.72. The number of benzene rings is 2. The third-order valence-electron chi connectivity index (χ3n) is 26.4. The summed E-state index contributed by atoms with van der Waals surface area (Å²) >= 11 is 0. The largest absolute Gasteiger partial charge is 0.429 e. The molecule has 2 aromatic carbocycles. The molecule has 6 fully saturated rings. The van der Waals surface area contributed by atoms with Gasteiger partial charge in [-0.3, -0.25) is 4.79 Å². The van der Waals surface area contributed by atoms with E-state index in [0.717, 1.165) is 92.5 Å². The highest BCUT2D eigenvalue weighted by Crippen LogP contribution is 2.65. The third-order valence-corrected chi connectivity index (χ3v) is 35.9. The maximum atomic E-state index is 14.9. The first-order valence-electron chi connectivity index (χ1n) is 41.5. The first kappa shape index (κ1) is 101. The lowest BCUT2D eigenvalue weighted by molar-refractivity contribution is -0.347. The van der Waals surface area contributed by atoms with Crippen LogP contribution in [0.15, 0.2) is 144 Å². The zero-order valence-electron chi connectivity index (χ0n) is 72.2. The van der Waals surface area contributed by atoms with E-state index in [2.05, 4.69) is 80.5 Å². The number of Topliss-reactive ketones (excluding diaryl/α,β-unsaturated/α-hetero) is 1.